The molecule has 1 aromatic heterocycles. The monoisotopic (exact) mass is 181 g/mol. The maximum Gasteiger partial charge on any atom is 0.315 e. The van der Waals surface area contributed by atoms with Gasteiger partial charge in [0.25, 0.3) is 0 Å². The molecule has 0 bridgehead atoms. The van der Waals surface area contributed by atoms with Gasteiger partial charge in [0.15, 0.2) is 6.39 Å². The van der Waals surface area contributed by atoms with Crippen molar-refractivity contribution in [2.75, 3.05) is 0 Å². The quantitative estimate of drug-likeness (QED) is 0.752. The van der Waals surface area contributed by atoms with Crippen LogP contribution in [0.15, 0.2) is 17.1 Å². The van der Waals surface area contributed by atoms with Crippen LogP contribution in [-0.2, 0) is 10.2 Å². The summed E-state index contributed by atoms with van der Waals surface area (Å²) in [5.74, 6) is -0.779. The van der Waals surface area contributed by atoms with Gasteiger partial charge in [0.05, 0.1) is 5.69 Å². The molecule has 0 aromatic carbocycles. The van der Waals surface area contributed by atoms with E-state index in [-0.39, 0.29) is 0 Å². The van der Waals surface area contributed by atoms with Gasteiger partial charge in [-0.25, -0.2) is 4.98 Å². The predicted molar refractivity (Wildman–Crippen MR) is 44.3 cm³/mol. The van der Waals surface area contributed by atoms with Gasteiger partial charge in [-0.3, -0.25) is 4.79 Å². The number of aromatic nitrogens is 1. The van der Waals surface area contributed by atoms with E-state index in [0.717, 1.165) is 12.8 Å². The van der Waals surface area contributed by atoms with Gasteiger partial charge in [0.1, 0.15) is 11.7 Å². The van der Waals surface area contributed by atoms with Crippen molar-refractivity contribution in [3.05, 3.63) is 18.4 Å². The minimum absolute atomic E-state index is 0.567. The number of nitrogens with zero attached hydrogens (tertiary/aromatic N) is 1. The molecule has 0 saturated heterocycles. The number of carboxylic acid groups (broad SMARTS) is 1. The van der Waals surface area contributed by atoms with Crippen LogP contribution in [0.3, 0.4) is 0 Å². The van der Waals surface area contributed by atoms with Crippen molar-refractivity contribution in [3.8, 4) is 0 Å². The molecule has 0 unspecified atom stereocenters. The number of aliphatic carboxylic acids is 1. The summed E-state index contributed by atoms with van der Waals surface area (Å²) < 4.78 is 4.83. The number of rotatable bonds is 2. The smallest absolute Gasteiger partial charge is 0.315 e. The molecule has 13 heavy (non-hydrogen) atoms. The summed E-state index contributed by atoms with van der Waals surface area (Å²) in [6.45, 7) is 0. The van der Waals surface area contributed by atoms with Crippen molar-refractivity contribution < 1.29 is 14.3 Å². The molecule has 0 spiro atoms. The van der Waals surface area contributed by atoms with E-state index in [1.165, 1.54) is 12.7 Å². The summed E-state index contributed by atoms with van der Waals surface area (Å²) in [6, 6.07) is 0. The molecule has 0 atom stereocenters. The van der Waals surface area contributed by atoms with Crippen molar-refractivity contribution in [1.29, 1.82) is 0 Å². The molecule has 0 radical (unpaired) electrons. The van der Waals surface area contributed by atoms with Crippen LogP contribution in [0.25, 0.3) is 0 Å². The fourth-order valence-corrected chi connectivity index (χ4v) is 2.01. The van der Waals surface area contributed by atoms with Crippen LogP contribution in [0.2, 0.25) is 0 Å². The lowest BCUT2D eigenvalue weighted by atomic mass is 9.83. The average Bonchev–Trinajstić information content (AvgIpc) is 2.75. The maximum absolute atomic E-state index is 11.1. The Morgan fingerprint density at radius 2 is 2.23 bits per heavy atom. The first-order valence-corrected chi connectivity index (χ1v) is 4.38. The van der Waals surface area contributed by atoms with Crippen LogP contribution in [0.5, 0.6) is 0 Å². The molecule has 1 saturated carbocycles. The molecule has 1 aromatic rings. The highest BCUT2D eigenvalue weighted by molar-refractivity contribution is 5.80. The van der Waals surface area contributed by atoms with Gasteiger partial charge < -0.3 is 9.52 Å². The summed E-state index contributed by atoms with van der Waals surface area (Å²) in [7, 11) is 0. The van der Waals surface area contributed by atoms with Crippen LogP contribution in [0.4, 0.5) is 0 Å². The molecule has 4 heteroatoms. The minimum atomic E-state index is -0.779. The number of oxazole rings is 1. The first kappa shape index (κ1) is 8.29. The zero-order chi connectivity index (χ0) is 9.31. The second-order valence-electron chi connectivity index (χ2n) is 3.47. The van der Waals surface area contributed by atoms with E-state index >= 15 is 0 Å². The summed E-state index contributed by atoms with van der Waals surface area (Å²) in [5, 5.41) is 9.15. The lowest BCUT2D eigenvalue weighted by Crippen LogP contribution is -2.32. The Hall–Kier alpha value is -1.32. The second kappa shape index (κ2) is 2.87. The van der Waals surface area contributed by atoms with Gasteiger partial charge in [-0.05, 0) is 12.8 Å². The summed E-state index contributed by atoms with van der Waals surface area (Å²) in [4.78, 5) is 15.1. The molecule has 2 rings (SSSR count). The highest BCUT2D eigenvalue weighted by Crippen LogP contribution is 2.40. The van der Waals surface area contributed by atoms with E-state index in [0.29, 0.717) is 18.5 Å². The van der Waals surface area contributed by atoms with Gasteiger partial charge >= 0.3 is 5.97 Å². The van der Waals surface area contributed by atoms with Crippen molar-refractivity contribution >= 4 is 5.97 Å². The standard InChI is InChI=1S/C9H11NO3/c11-8(12)9(3-1-2-4-9)7-5-13-6-10-7/h5-6H,1-4H2,(H,11,12). The largest absolute Gasteiger partial charge is 0.481 e. The number of hydrogen-bond donors (Lipinski definition) is 1. The van der Waals surface area contributed by atoms with Crippen LogP contribution in [-0.4, -0.2) is 16.1 Å². The molecule has 1 heterocycles. The van der Waals surface area contributed by atoms with Crippen LogP contribution >= 0.6 is 0 Å². The van der Waals surface area contributed by atoms with Crippen molar-refractivity contribution in [2.45, 2.75) is 31.1 Å². The zero-order valence-corrected chi connectivity index (χ0v) is 7.19. The molecular formula is C9H11NO3. The first-order chi connectivity index (χ1) is 6.26. The SMILES string of the molecule is O=C(O)C1(c2cocn2)CCCC1. The fraction of sp³-hybridized carbons (Fsp3) is 0.556. The first-order valence-electron chi connectivity index (χ1n) is 4.38. The second-order valence-corrected chi connectivity index (χ2v) is 3.47. The molecule has 70 valence electrons. The Kier molecular flexibility index (Phi) is 1.83. The third-order valence-electron chi connectivity index (χ3n) is 2.79. The normalized spacial score (nSPS) is 20.3. The zero-order valence-electron chi connectivity index (χ0n) is 7.19. The number of carbonyl (C=O) groups is 1. The van der Waals surface area contributed by atoms with Crippen LogP contribution in [0.1, 0.15) is 31.4 Å². The molecule has 0 amide bonds. The Bertz CT molecular complexity index is 299. The average molecular weight is 181 g/mol. The Morgan fingerprint density at radius 3 is 2.69 bits per heavy atom. The van der Waals surface area contributed by atoms with Crippen LogP contribution in [0, 0.1) is 0 Å². The van der Waals surface area contributed by atoms with E-state index in [1.807, 2.05) is 0 Å². The van der Waals surface area contributed by atoms with E-state index < -0.39 is 11.4 Å². The van der Waals surface area contributed by atoms with E-state index in [2.05, 4.69) is 4.98 Å². The van der Waals surface area contributed by atoms with E-state index in [1.54, 1.807) is 0 Å². The molecule has 1 N–H and O–H groups in total. The van der Waals surface area contributed by atoms with Gasteiger partial charge in [0, 0.05) is 0 Å². The van der Waals surface area contributed by atoms with E-state index in [4.69, 9.17) is 9.52 Å². The van der Waals surface area contributed by atoms with Gasteiger partial charge in [-0.1, -0.05) is 12.8 Å². The number of carboxylic acids is 1. The molecule has 1 fully saturated rings. The van der Waals surface area contributed by atoms with Gasteiger partial charge in [-0.15, -0.1) is 0 Å². The Balaban J connectivity index is 2.39. The van der Waals surface area contributed by atoms with Gasteiger partial charge in [-0.2, -0.15) is 0 Å². The van der Waals surface area contributed by atoms with Gasteiger partial charge in [0.2, 0.25) is 0 Å². The van der Waals surface area contributed by atoms with Crippen molar-refractivity contribution in [1.82, 2.24) is 4.98 Å². The van der Waals surface area contributed by atoms with E-state index in [9.17, 15) is 4.79 Å². The van der Waals surface area contributed by atoms with Crippen molar-refractivity contribution in [3.63, 3.8) is 0 Å². The molecular weight excluding hydrogens is 170 g/mol. The van der Waals surface area contributed by atoms with Crippen molar-refractivity contribution in [2.24, 2.45) is 0 Å². The molecule has 0 aliphatic heterocycles. The lowest BCUT2D eigenvalue weighted by Gasteiger charge is -2.20. The summed E-state index contributed by atoms with van der Waals surface area (Å²) >= 11 is 0. The third kappa shape index (κ3) is 1.13. The Morgan fingerprint density at radius 1 is 1.54 bits per heavy atom. The van der Waals surface area contributed by atoms with Crippen LogP contribution < -0.4 is 0 Å². The lowest BCUT2D eigenvalue weighted by molar-refractivity contribution is -0.143. The number of hydrogen-bond acceptors (Lipinski definition) is 3. The summed E-state index contributed by atoms with van der Waals surface area (Å²) in [5.41, 5.74) is -0.204. The third-order valence-corrected chi connectivity index (χ3v) is 2.79. The minimum Gasteiger partial charge on any atom is -0.481 e. The summed E-state index contributed by atoms with van der Waals surface area (Å²) in [6.07, 6.45) is 6.00. The highest BCUT2D eigenvalue weighted by atomic mass is 16.4. The predicted octanol–water partition coefficient (Wildman–Crippen LogP) is 1.57. The molecule has 4 nitrogen and oxygen atoms in total. The topological polar surface area (TPSA) is 63.3 Å². The highest BCUT2D eigenvalue weighted by Gasteiger charge is 2.44. The molecule has 1 aliphatic rings. The fourth-order valence-electron chi connectivity index (χ4n) is 2.01. The maximum atomic E-state index is 11.1. The Labute approximate surface area is 75.6 Å². The molecule has 1 aliphatic carbocycles.